The van der Waals surface area contributed by atoms with Crippen molar-refractivity contribution in [3.05, 3.63) is 35.8 Å². The minimum atomic E-state index is -0.563. The number of benzene rings is 1. The quantitative estimate of drug-likeness (QED) is 0.887. The first-order valence-corrected chi connectivity index (χ1v) is 7.04. The molecule has 0 saturated heterocycles. The van der Waals surface area contributed by atoms with E-state index < -0.39 is 6.10 Å². The Labute approximate surface area is 112 Å². The van der Waals surface area contributed by atoms with Crippen molar-refractivity contribution in [3.8, 4) is 0 Å². The molecule has 2 aromatic rings. The van der Waals surface area contributed by atoms with Crippen LogP contribution in [-0.4, -0.2) is 5.11 Å². The van der Waals surface area contributed by atoms with E-state index in [9.17, 15) is 9.50 Å². The first-order chi connectivity index (χ1) is 9.17. The number of aliphatic hydroxyl groups is 1. The Hall–Kier alpha value is -1.35. The van der Waals surface area contributed by atoms with Crippen LogP contribution in [-0.2, 0) is 0 Å². The number of rotatable bonds is 3. The highest BCUT2D eigenvalue weighted by atomic mass is 19.1. The Kier molecular flexibility index (Phi) is 3.31. The molecule has 1 aromatic carbocycles. The van der Waals surface area contributed by atoms with Crippen LogP contribution < -0.4 is 0 Å². The maximum absolute atomic E-state index is 13.1. The van der Waals surface area contributed by atoms with Crippen molar-refractivity contribution in [2.24, 2.45) is 11.8 Å². The van der Waals surface area contributed by atoms with E-state index >= 15 is 0 Å². The largest absolute Gasteiger partial charge is 0.458 e. The molecule has 1 aliphatic carbocycles. The zero-order valence-electron chi connectivity index (χ0n) is 11.1. The summed E-state index contributed by atoms with van der Waals surface area (Å²) >= 11 is 0. The molecule has 2 nitrogen and oxygen atoms in total. The molecule has 1 N–H and O–H groups in total. The van der Waals surface area contributed by atoms with E-state index in [1.165, 1.54) is 25.0 Å². The maximum Gasteiger partial charge on any atom is 0.134 e. The summed E-state index contributed by atoms with van der Waals surface area (Å²) in [7, 11) is 0. The van der Waals surface area contributed by atoms with Crippen LogP contribution in [0.25, 0.3) is 11.0 Å². The van der Waals surface area contributed by atoms with Gasteiger partial charge in [0.25, 0.3) is 0 Å². The molecule has 3 heteroatoms. The zero-order chi connectivity index (χ0) is 13.4. The molecule has 0 spiro atoms. The van der Waals surface area contributed by atoms with E-state index in [2.05, 4.69) is 6.92 Å². The van der Waals surface area contributed by atoms with Gasteiger partial charge in [0.15, 0.2) is 0 Å². The second-order valence-electron chi connectivity index (χ2n) is 5.62. The molecule has 1 fully saturated rings. The van der Waals surface area contributed by atoms with Crippen LogP contribution in [0.3, 0.4) is 0 Å². The van der Waals surface area contributed by atoms with E-state index in [1.807, 2.05) is 0 Å². The summed E-state index contributed by atoms with van der Waals surface area (Å²) in [6.45, 7) is 2.20. The summed E-state index contributed by atoms with van der Waals surface area (Å²) in [5.74, 6) is 1.29. The van der Waals surface area contributed by atoms with E-state index in [4.69, 9.17) is 4.42 Å². The van der Waals surface area contributed by atoms with Crippen molar-refractivity contribution in [2.75, 3.05) is 0 Å². The highest BCUT2D eigenvalue weighted by Gasteiger charge is 2.31. The fourth-order valence-corrected chi connectivity index (χ4v) is 3.18. The third-order valence-electron chi connectivity index (χ3n) is 4.39. The molecule has 0 radical (unpaired) electrons. The molecule has 1 heterocycles. The average molecular weight is 262 g/mol. The minimum absolute atomic E-state index is 0.273. The molecule has 3 atom stereocenters. The van der Waals surface area contributed by atoms with Gasteiger partial charge in [-0.25, -0.2) is 4.39 Å². The number of halogens is 1. The Bertz CT molecular complexity index is 575. The van der Waals surface area contributed by atoms with E-state index in [1.54, 1.807) is 12.1 Å². The molecule has 0 aliphatic heterocycles. The number of furan rings is 1. The van der Waals surface area contributed by atoms with Gasteiger partial charge >= 0.3 is 0 Å². The maximum atomic E-state index is 13.1. The van der Waals surface area contributed by atoms with Crippen LogP contribution in [0.2, 0.25) is 0 Å². The molecule has 3 unspecified atom stereocenters. The summed E-state index contributed by atoms with van der Waals surface area (Å²) < 4.78 is 18.8. The van der Waals surface area contributed by atoms with Gasteiger partial charge in [0.1, 0.15) is 23.3 Å². The lowest BCUT2D eigenvalue weighted by molar-refractivity contribution is 0.0882. The van der Waals surface area contributed by atoms with Crippen molar-refractivity contribution < 1.29 is 13.9 Å². The van der Waals surface area contributed by atoms with E-state index in [0.29, 0.717) is 11.3 Å². The van der Waals surface area contributed by atoms with Crippen molar-refractivity contribution >= 4 is 11.0 Å². The number of hydrogen-bond acceptors (Lipinski definition) is 2. The summed E-state index contributed by atoms with van der Waals surface area (Å²) in [4.78, 5) is 0. The summed E-state index contributed by atoms with van der Waals surface area (Å²) in [6.07, 6.45) is 3.91. The average Bonchev–Trinajstić information content (AvgIpc) is 3.03. The van der Waals surface area contributed by atoms with E-state index in [-0.39, 0.29) is 11.7 Å². The minimum Gasteiger partial charge on any atom is -0.458 e. The summed E-state index contributed by atoms with van der Waals surface area (Å²) in [5, 5.41) is 11.1. The third kappa shape index (κ3) is 2.39. The Morgan fingerprint density at radius 2 is 2.21 bits per heavy atom. The van der Waals surface area contributed by atoms with E-state index in [0.717, 1.165) is 24.1 Å². The smallest absolute Gasteiger partial charge is 0.134 e. The molecule has 3 rings (SSSR count). The first kappa shape index (κ1) is 12.7. The van der Waals surface area contributed by atoms with Gasteiger partial charge in [0, 0.05) is 5.39 Å². The molecule has 0 bridgehead atoms. The second kappa shape index (κ2) is 4.97. The number of hydrogen-bond donors (Lipinski definition) is 1. The van der Waals surface area contributed by atoms with Gasteiger partial charge in [-0.1, -0.05) is 19.8 Å². The highest BCUT2D eigenvalue weighted by molar-refractivity contribution is 5.77. The zero-order valence-corrected chi connectivity index (χ0v) is 11.1. The Balaban J connectivity index is 1.83. The van der Waals surface area contributed by atoms with Crippen LogP contribution in [0.1, 0.15) is 44.5 Å². The van der Waals surface area contributed by atoms with Crippen LogP contribution in [0, 0.1) is 17.7 Å². The molecular weight excluding hydrogens is 243 g/mol. The van der Waals surface area contributed by atoms with Gasteiger partial charge in [-0.2, -0.15) is 0 Å². The third-order valence-corrected chi connectivity index (χ3v) is 4.39. The first-order valence-electron chi connectivity index (χ1n) is 7.04. The Morgan fingerprint density at radius 3 is 2.95 bits per heavy atom. The van der Waals surface area contributed by atoms with Crippen LogP contribution in [0.15, 0.2) is 28.7 Å². The van der Waals surface area contributed by atoms with Crippen LogP contribution in [0.4, 0.5) is 4.39 Å². The fraction of sp³-hybridized carbons (Fsp3) is 0.500. The number of fused-ring (bicyclic) bond motifs is 1. The monoisotopic (exact) mass is 262 g/mol. The van der Waals surface area contributed by atoms with Gasteiger partial charge in [-0.15, -0.1) is 0 Å². The summed E-state index contributed by atoms with van der Waals surface area (Å²) in [5.41, 5.74) is 0.639. The molecule has 1 saturated carbocycles. The molecule has 1 aromatic heterocycles. The van der Waals surface area contributed by atoms with Crippen molar-refractivity contribution in [2.45, 2.75) is 38.7 Å². The molecule has 102 valence electrons. The topological polar surface area (TPSA) is 33.4 Å². The second-order valence-corrected chi connectivity index (χ2v) is 5.62. The van der Waals surface area contributed by atoms with Gasteiger partial charge < -0.3 is 9.52 Å². The fourth-order valence-electron chi connectivity index (χ4n) is 3.18. The number of aliphatic hydroxyl groups excluding tert-OH is 1. The summed E-state index contributed by atoms with van der Waals surface area (Å²) in [6, 6.07) is 6.20. The standard InChI is InChI=1S/C16H19FO2/c1-2-10-3-4-11(7-10)16(18)15-9-12-8-13(17)5-6-14(12)19-15/h5-6,8-11,16,18H,2-4,7H2,1H3. The van der Waals surface area contributed by atoms with Gasteiger partial charge in [0.2, 0.25) is 0 Å². The van der Waals surface area contributed by atoms with Gasteiger partial charge in [-0.05, 0) is 48.9 Å². The lowest BCUT2D eigenvalue weighted by atomic mass is 9.96. The van der Waals surface area contributed by atoms with Crippen LogP contribution in [0.5, 0.6) is 0 Å². The predicted molar refractivity (Wildman–Crippen MR) is 72.3 cm³/mol. The van der Waals surface area contributed by atoms with Crippen LogP contribution >= 0.6 is 0 Å². The lowest BCUT2D eigenvalue weighted by Gasteiger charge is -2.15. The predicted octanol–water partition coefficient (Wildman–Crippen LogP) is 4.43. The molecule has 0 amide bonds. The van der Waals surface area contributed by atoms with Gasteiger partial charge in [0.05, 0.1) is 0 Å². The van der Waals surface area contributed by atoms with Crippen molar-refractivity contribution in [1.82, 2.24) is 0 Å². The Morgan fingerprint density at radius 1 is 1.37 bits per heavy atom. The SMILES string of the molecule is CCC1CCC(C(O)c2cc3cc(F)ccc3o2)C1. The molecule has 1 aliphatic rings. The van der Waals surface area contributed by atoms with Gasteiger partial charge in [-0.3, -0.25) is 0 Å². The van der Waals surface area contributed by atoms with Crippen molar-refractivity contribution in [1.29, 1.82) is 0 Å². The normalized spacial score (nSPS) is 25.0. The molecule has 19 heavy (non-hydrogen) atoms. The van der Waals surface area contributed by atoms with Crippen molar-refractivity contribution in [3.63, 3.8) is 0 Å². The lowest BCUT2D eigenvalue weighted by Crippen LogP contribution is -2.08. The highest BCUT2D eigenvalue weighted by Crippen LogP contribution is 2.41. The molecular formula is C16H19FO2.